The van der Waals surface area contributed by atoms with Crippen molar-refractivity contribution in [2.45, 2.75) is 25.0 Å². The van der Waals surface area contributed by atoms with Crippen molar-refractivity contribution in [3.8, 4) is 0 Å². The molecule has 0 N–H and O–H groups in total. The van der Waals surface area contributed by atoms with Gasteiger partial charge in [0.25, 0.3) is 0 Å². The van der Waals surface area contributed by atoms with E-state index < -0.39 is 11.1 Å². The molecule has 0 saturated heterocycles. The maximum Gasteiger partial charge on any atom is 0.426 e. The van der Waals surface area contributed by atoms with Crippen molar-refractivity contribution in [3.63, 3.8) is 0 Å². The molecule has 0 amide bonds. The molecule has 0 saturated carbocycles. The minimum absolute atomic E-state index is 0.0177. The maximum atomic E-state index is 12.2. The van der Waals surface area contributed by atoms with Gasteiger partial charge in [-0.25, -0.2) is 0 Å². The smallest absolute Gasteiger partial charge is 0.354 e. The van der Waals surface area contributed by atoms with Crippen LogP contribution in [0.15, 0.2) is 0 Å². The van der Waals surface area contributed by atoms with Crippen LogP contribution >= 0.6 is 12.6 Å². The van der Waals surface area contributed by atoms with Crippen molar-refractivity contribution in [1.82, 2.24) is 4.90 Å². The number of hydrogen-bond acceptors (Lipinski definition) is 3. The van der Waals surface area contributed by atoms with E-state index in [9.17, 15) is 13.2 Å². The molecule has 0 rings (SSSR count). The molecular weight excluding hydrogens is 215 g/mol. The molecule has 14 heavy (non-hydrogen) atoms. The van der Waals surface area contributed by atoms with Crippen LogP contribution in [0, 0.1) is 0 Å². The van der Waals surface area contributed by atoms with Gasteiger partial charge in [-0.15, -0.1) is 12.6 Å². The number of likely N-dealkylation sites (N-methyl/N-ethyl adjacent to an activating group) is 1. The summed E-state index contributed by atoms with van der Waals surface area (Å²) in [4.78, 5) is -0.498. The monoisotopic (exact) mass is 231 g/mol. The second-order valence-electron chi connectivity index (χ2n) is 3.23. The highest BCUT2D eigenvalue weighted by molar-refractivity contribution is 7.81. The SMILES string of the molecule is CCN(C)CCOC(C)(S)C(F)(F)F. The number of nitrogens with zero attached hydrogens (tertiary/aromatic N) is 1. The van der Waals surface area contributed by atoms with Crippen LogP contribution in [0.25, 0.3) is 0 Å². The summed E-state index contributed by atoms with van der Waals surface area (Å²) >= 11 is 3.43. The number of thiol groups is 1. The fourth-order valence-corrected chi connectivity index (χ4v) is 0.731. The minimum atomic E-state index is -4.44. The molecular formula is C8H16F3NOS. The number of hydrogen-bond donors (Lipinski definition) is 1. The summed E-state index contributed by atoms with van der Waals surface area (Å²) in [5, 5.41) is 0. The molecule has 6 heteroatoms. The fraction of sp³-hybridized carbons (Fsp3) is 1.00. The van der Waals surface area contributed by atoms with Crippen molar-refractivity contribution in [2.75, 3.05) is 26.7 Å². The number of rotatable bonds is 5. The van der Waals surface area contributed by atoms with Gasteiger partial charge < -0.3 is 9.64 Å². The molecule has 1 unspecified atom stereocenters. The number of alkyl halides is 3. The molecule has 0 aliphatic rings. The first-order chi connectivity index (χ1) is 6.20. The van der Waals surface area contributed by atoms with Gasteiger partial charge >= 0.3 is 6.18 Å². The summed E-state index contributed by atoms with van der Waals surface area (Å²) in [6.07, 6.45) is -4.44. The predicted octanol–water partition coefficient (Wildman–Crippen LogP) is 2.16. The lowest BCUT2D eigenvalue weighted by molar-refractivity contribution is -0.230. The Morgan fingerprint density at radius 3 is 2.21 bits per heavy atom. The van der Waals surface area contributed by atoms with E-state index in [0.717, 1.165) is 13.5 Å². The van der Waals surface area contributed by atoms with Gasteiger partial charge in [-0.1, -0.05) is 6.92 Å². The predicted molar refractivity (Wildman–Crippen MR) is 52.6 cm³/mol. The average Bonchev–Trinajstić information content (AvgIpc) is 2.01. The van der Waals surface area contributed by atoms with E-state index >= 15 is 0 Å². The molecule has 0 aromatic rings. The topological polar surface area (TPSA) is 12.5 Å². The number of halogens is 3. The molecule has 2 nitrogen and oxygen atoms in total. The molecule has 0 bridgehead atoms. The normalized spacial score (nSPS) is 17.1. The molecule has 1 atom stereocenters. The summed E-state index contributed by atoms with van der Waals surface area (Å²) in [5.41, 5.74) is 0. The van der Waals surface area contributed by atoms with Crippen LogP contribution in [0.1, 0.15) is 13.8 Å². The second kappa shape index (κ2) is 5.23. The van der Waals surface area contributed by atoms with Crippen LogP contribution in [0.2, 0.25) is 0 Å². The minimum Gasteiger partial charge on any atom is -0.354 e. The average molecular weight is 231 g/mol. The highest BCUT2D eigenvalue weighted by Gasteiger charge is 2.49. The first-order valence-electron chi connectivity index (χ1n) is 4.32. The van der Waals surface area contributed by atoms with Crippen molar-refractivity contribution in [3.05, 3.63) is 0 Å². The highest BCUT2D eigenvalue weighted by atomic mass is 32.1. The van der Waals surface area contributed by atoms with E-state index in [0.29, 0.717) is 6.54 Å². The third kappa shape index (κ3) is 4.52. The molecule has 0 radical (unpaired) electrons. The lowest BCUT2D eigenvalue weighted by Crippen LogP contribution is -2.41. The third-order valence-electron chi connectivity index (χ3n) is 1.92. The van der Waals surface area contributed by atoms with Gasteiger partial charge in [0, 0.05) is 6.54 Å². The van der Waals surface area contributed by atoms with Gasteiger partial charge in [0.05, 0.1) is 6.61 Å². The molecule has 0 aromatic carbocycles. The van der Waals surface area contributed by atoms with Gasteiger partial charge in [0.2, 0.25) is 4.93 Å². The lowest BCUT2D eigenvalue weighted by atomic mass is 10.4. The highest BCUT2D eigenvalue weighted by Crippen LogP contribution is 2.36. The Morgan fingerprint density at radius 2 is 1.86 bits per heavy atom. The Kier molecular flexibility index (Phi) is 5.25. The van der Waals surface area contributed by atoms with Crippen LogP contribution in [-0.2, 0) is 4.74 Å². The molecule has 0 aliphatic carbocycles. The van der Waals surface area contributed by atoms with E-state index in [2.05, 4.69) is 17.4 Å². The van der Waals surface area contributed by atoms with Crippen LogP contribution in [0.4, 0.5) is 13.2 Å². The van der Waals surface area contributed by atoms with Gasteiger partial charge in [0.1, 0.15) is 0 Å². The largest absolute Gasteiger partial charge is 0.426 e. The fourth-order valence-electron chi connectivity index (χ4n) is 0.640. The maximum absolute atomic E-state index is 12.2. The van der Waals surface area contributed by atoms with Gasteiger partial charge in [-0.3, -0.25) is 0 Å². The first-order valence-corrected chi connectivity index (χ1v) is 4.77. The standard InChI is InChI=1S/C8H16F3NOS/c1-4-12(3)5-6-13-7(2,14)8(9,10)11/h14H,4-6H2,1-3H3. The Bertz CT molecular complexity index is 172. The van der Waals surface area contributed by atoms with Crippen LogP contribution in [0.3, 0.4) is 0 Å². The molecule has 0 aromatic heterocycles. The van der Waals surface area contributed by atoms with Crippen LogP contribution in [0.5, 0.6) is 0 Å². The number of ether oxygens (including phenoxy) is 1. The van der Waals surface area contributed by atoms with Crippen LogP contribution < -0.4 is 0 Å². The van der Waals surface area contributed by atoms with Gasteiger partial charge in [0.15, 0.2) is 0 Å². The Labute approximate surface area is 87.8 Å². The van der Waals surface area contributed by atoms with E-state index in [1.165, 1.54) is 0 Å². The van der Waals surface area contributed by atoms with Crippen molar-refractivity contribution in [2.24, 2.45) is 0 Å². The van der Waals surface area contributed by atoms with Crippen molar-refractivity contribution < 1.29 is 17.9 Å². The summed E-state index contributed by atoms with van der Waals surface area (Å²) in [6.45, 7) is 4.08. The van der Waals surface area contributed by atoms with E-state index in [1.54, 1.807) is 0 Å². The zero-order chi connectivity index (χ0) is 11.4. The van der Waals surface area contributed by atoms with Crippen LogP contribution in [-0.4, -0.2) is 42.8 Å². The molecule has 86 valence electrons. The van der Waals surface area contributed by atoms with E-state index in [4.69, 9.17) is 0 Å². The van der Waals surface area contributed by atoms with Gasteiger partial charge in [-0.2, -0.15) is 13.2 Å². The summed E-state index contributed by atoms with van der Waals surface area (Å²) in [5.74, 6) is 0. The molecule has 0 fully saturated rings. The molecule has 0 aliphatic heterocycles. The molecule has 0 heterocycles. The zero-order valence-electron chi connectivity index (χ0n) is 8.56. The second-order valence-corrected chi connectivity index (χ2v) is 4.08. The van der Waals surface area contributed by atoms with E-state index in [1.807, 2.05) is 18.9 Å². The third-order valence-corrected chi connectivity index (χ3v) is 2.30. The summed E-state index contributed by atoms with van der Waals surface area (Å²) in [6, 6.07) is 0. The summed E-state index contributed by atoms with van der Waals surface area (Å²) < 4.78 is 41.3. The Morgan fingerprint density at radius 1 is 1.36 bits per heavy atom. The Hall–Kier alpha value is 0.0600. The summed E-state index contributed by atoms with van der Waals surface area (Å²) in [7, 11) is 1.81. The quantitative estimate of drug-likeness (QED) is 0.575. The molecule has 0 spiro atoms. The van der Waals surface area contributed by atoms with Crippen molar-refractivity contribution in [1.29, 1.82) is 0 Å². The lowest BCUT2D eigenvalue weighted by Gasteiger charge is -2.27. The first kappa shape index (κ1) is 14.1. The van der Waals surface area contributed by atoms with Gasteiger partial charge in [-0.05, 0) is 20.5 Å². The Balaban J connectivity index is 3.89. The van der Waals surface area contributed by atoms with E-state index in [-0.39, 0.29) is 6.61 Å². The van der Waals surface area contributed by atoms with Crippen molar-refractivity contribution >= 4 is 12.6 Å². The zero-order valence-corrected chi connectivity index (χ0v) is 9.45.